The van der Waals surface area contributed by atoms with Crippen molar-refractivity contribution in [1.82, 2.24) is 15.5 Å². The van der Waals surface area contributed by atoms with E-state index < -0.39 is 17.9 Å². The molecule has 1 aliphatic rings. The van der Waals surface area contributed by atoms with Gasteiger partial charge in [-0.2, -0.15) is 0 Å². The van der Waals surface area contributed by atoms with E-state index in [2.05, 4.69) is 33.5 Å². The first-order chi connectivity index (χ1) is 15.9. The number of hydrogen-bond acceptors (Lipinski definition) is 7. The van der Waals surface area contributed by atoms with Crippen LogP contribution in [-0.2, 0) is 19.1 Å². The molecule has 1 atom stereocenters. The van der Waals surface area contributed by atoms with Crippen LogP contribution in [0.1, 0.15) is 43.0 Å². The van der Waals surface area contributed by atoms with Crippen molar-refractivity contribution in [3.63, 3.8) is 0 Å². The molecule has 0 bridgehead atoms. The number of rotatable bonds is 11. The smallest absolute Gasteiger partial charge is 0.308 e. The van der Waals surface area contributed by atoms with Gasteiger partial charge in [-0.25, -0.2) is 0 Å². The van der Waals surface area contributed by atoms with Gasteiger partial charge in [0.1, 0.15) is 18.4 Å². The van der Waals surface area contributed by atoms with Crippen LogP contribution in [0.15, 0.2) is 22.7 Å². The monoisotopic (exact) mass is 543 g/mol. The number of halogens is 1. The molecule has 1 heterocycles. The molecule has 0 spiro atoms. The van der Waals surface area contributed by atoms with Crippen molar-refractivity contribution >= 4 is 51.0 Å². The van der Waals surface area contributed by atoms with Crippen LogP contribution >= 0.6 is 28.1 Å². The molecule has 0 radical (unpaired) electrons. The molecular weight excluding hydrogens is 514 g/mol. The number of carbonyl (C=O) groups is 3. The maximum Gasteiger partial charge on any atom is 0.308 e. The lowest BCUT2D eigenvalue weighted by molar-refractivity contribution is -0.147. The molecule has 1 fully saturated rings. The minimum Gasteiger partial charge on any atom is -0.490 e. The number of piperazine rings is 1. The molecular formula is C22H30BrN3O6S. The first-order valence-corrected chi connectivity index (χ1v) is 12.0. The van der Waals surface area contributed by atoms with Crippen molar-refractivity contribution in [1.29, 1.82) is 0 Å². The SMILES string of the molecule is CCCCCOC(=O)CC1C(=O)NCCN1C(=S)NC(=O)c1ccc(OCCOC)c(Br)c1. The number of nitrogens with zero attached hydrogens (tertiary/aromatic N) is 1. The van der Waals surface area contributed by atoms with E-state index in [9.17, 15) is 14.4 Å². The molecule has 1 aliphatic heterocycles. The fourth-order valence-electron chi connectivity index (χ4n) is 3.15. The Morgan fingerprint density at radius 2 is 2.06 bits per heavy atom. The summed E-state index contributed by atoms with van der Waals surface area (Å²) < 4.78 is 16.4. The Morgan fingerprint density at radius 1 is 1.27 bits per heavy atom. The Kier molecular flexibility index (Phi) is 11.6. The molecule has 1 unspecified atom stereocenters. The number of methoxy groups -OCH3 is 1. The van der Waals surface area contributed by atoms with Gasteiger partial charge in [-0.05, 0) is 52.8 Å². The highest BCUT2D eigenvalue weighted by Crippen LogP contribution is 2.26. The highest BCUT2D eigenvalue weighted by atomic mass is 79.9. The molecule has 33 heavy (non-hydrogen) atoms. The lowest BCUT2D eigenvalue weighted by Crippen LogP contribution is -2.60. The van der Waals surface area contributed by atoms with Crippen molar-refractivity contribution in [2.45, 2.75) is 38.6 Å². The van der Waals surface area contributed by atoms with Crippen LogP contribution in [0.4, 0.5) is 0 Å². The minimum absolute atomic E-state index is 0.0789. The molecule has 182 valence electrons. The Balaban J connectivity index is 1.98. The van der Waals surface area contributed by atoms with E-state index in [1.807, 2.05) is 0 Å². The van der Waals surface area contributed by atoms with Crippen LogP contribution in [-0.4, -0.2) is 73.9 Å². The Labute approximate surface area is 207 Å². The highest BCUT2D eigenvalue weighted by molar-refractivity contribution is 9.10. The zero-order valence-corrected chi connectivity index (χ0v) is 21.3. The van der Waals surface area contributed by atoms with E-state index in [1.54, 1.807) is 30.2 Å². The summed E-state index contributed by atoms with van der Waals surface area (Å²) in [7, 11) is 1.59. The van der Waals surface area contributed by atoms with Crippen LogP contribution in [0.3, 0.4) is 0 Å². The average Bonchev–Trinajstić information content (AvgIpc) is 2.79. The van der Waals surface area contributed by atoms with Gasteiger partial charge in [0.2, 0.25) is 5.91 Å². The summed E-state index contributed by atoms with van der Waals surface area (Å²) in [6.07, 6.45) is 2.62. The van der Waals surface area contributed by atoms with Crippen molar-refractivity contribution in [3.05, 3.63) is 28.2 Å². The number of thiocarbonyl (C=S) groups is 1. The van der Waals surface area contributed by atoms with Crippen LogP contribution in [0.5, 0.6) is 5.75 Å². The maximum absolute atomic E-state index is 12.7. The van der Waals surface area contributed by atoms with E-state index in [0.717, 1.165) is 19.3 Å². The second-order valence-corrected chi connectivity index (χ2v) is 8.62. The average molecular weight is 544 g/mol. The lowest BCUT2D eigenvalue weighted by Gasteiger charge is -2.36. The molecule has 2 amide bonds. The predicted octanol–water partition coefficient (Wildman–Crippen LogP) is 2.41. The molecule has 1 saturated heterocycles. The molecule has 0 saturated carbocycles. The van der Waals surface area contributed by atoms with Crippen LogP contribution < -0.4 is 15.4 Å². The van der Waals surface area contributed by atoms with Gasteiger partial charge in [0, 0.05) is 25.8 Å². The van der Waals surface area contributed by atoms with Crippen LogP contribution in [0.2, 0.25) is 0 Å². The third-order valence-corrected chi connectivity index (χ3v) is 5.88. The number of unbranched alkanes of at least 4 members (excludes halogenated alkanes) is 2. The number of hydrogen-bond donors (Lipinski definition) is 2. The van der Waals surface area contributed by atoms with E-state index in [0.29, 0.717) is 48.7 Å². The molecule has 11 heteroatoms. The van der Waals surface area contributed by atoms with E-state index in [-0.39, 0.29) is 17.4 Å². The quantitative estimate of drug-likeness (QED) is 0.249. The topological polar surface area (TPSA) is 106 Å². The summed E-state index contributed by atoms with van der Waals surface area (Å²) in [4.78, 5) is 38.9. The standard InChI is InChI=1S/C22H30BrN3O6S/c1-3-4-5-10-32-19(27)14-17-21(29)24-8-9-26(17)22(33)25-20(28)15-6-7-18(16(23)13-15)31-12-11-30-2/h6-7,13,17H,3-5,8-12,14H2,1-2H3,(H,24,29)(H,25,28,33). The largest absolute Gasteiger partial charge is 0.490 e. The Hall–Kier alpha value is -2.24. The summed E-state index contributed by atoms with van der Waals surface area (Å²) in [5.41, 5.74) is 0.358. The van der Waals surface area contributed by atoms with Gasteiger partial charge in [-0.1, -0.05) is 19.8 Å². The van der Waals surface area contributed by atoms with Crippen molar-refractivity contribution in [2.75, 3.05) is 40.0 Å². The first-order valence-electron chi connectivity index (χ1n) is 10.8. The number of benzene rings is 1. The molecule has 1 aromatic rings. The molecule has 1 aromatic carbocycles. The van der Waals surface area contributed by atoms with E-state index in [4.69, 9.17) is 26.4 Å². The third-order valence-electron chi connectivity index (χ3n) is 4.92. The van der Waals surface area contributed by atoms with Gasteiger partial charge in [0.15, 0.2) is 5.11 Å². The van der Waals surface area contributed by atoms with Gasteiger partial charge in [-0.15, -0.1) is 0 Å². The predicted molar refractivity (Wildman–Crippen MR) is 130 cm³/mol. The number of carbonyl (C=O) groups excluding carboxylic acids is 3. The summed E-state index contributed by atoms with van der Waals surface area (Å²) in [5, 5.41) is 5.46. The number of esters is 1. The van der Waals surface area contributed by atoms with Gasteiger partial charge < -0.3 is 24.4 Å². The van der Waals surface area contributed by atoms with E-state index >= 15 is 0 Å². The zero-order chi connectivity index (χ0) is 24.2. The normalized spacial score (nSPS) is 15.5. The van der Waals surface area contributed by atoms with Crippen LogP contribution in [0.25, 0.3) is 0 Å². The number of amides is 2. The van der Waals surface area contributed by atoms with E-state index in [1.165, 1.54) is 0 Å². The molecule has 2 N–H and O–H groups in total. The number of nitrogens with one attached hydrogen (secondary N) is 2. The summed E-state index contributed by atoms with van der Waals surface area (Å²) >= 11 is 8.79. The van der Waals surface area contributed by atoms with Crippen molar-refractivity contribution in [2.24, 2.45) is 0 Å². The Bertz CT molecular complexity index is 853. The van der Waals surface area contributed by atoms with Crippen molar-refractivity contribution in [3.8, 4) is 5.75 Å². The Morgan fingerprint density at radius 3 is 2.76 bits per heavy atom. The second-order valence-electron chi connectivity index (χ2n) is 7.38. The summed E-state index contributed by atoms with van der Waals surface area (Å²) in [6.45, 7) is 3.93. The maximum atomic E-state index is 12.7. The van der Waals surface area contributed by atoms with Gasteiger partial charge in [0.05, 0.1) is 24.1 Å². The highest BCUT2D eigenvalue weighted by Gasteiger charge is 2.34. The fourth-order valence-corrected chi connectivity index (χ4v) is 3.96. The van der Waals surface area contributed by atoms with Gasteiger partial charge >= 0.3 is 5.97 Å². The molecule has 0 aromatic heterocycles. The molecule has 0 aliphatic carbocycles. The lowest BCUT2D eigenvalue weighted by atomic mass is 10.1. The van der Waals surface area contributed by atoms with Crippen molar-refractivity contribution < 1.29 is 28.6 Å². The zero-order valence-electron chi connectivity index (χ0n) is 18.9. The van der Waals surface area contributed by atoms with Gasteiger partial charge in [-0.3, -0.25) is 19.7 Å². The van der Waals surface area contributed by atoms with Crippen LogP contribution in [0, 0.1) is 0 Å². The number of ether oxygens (including phenoxy) is 3. The first kappa shape index (κ1) is 27.0. The minimum atomic E-state index is -0.839. The summed E-state index contributed by atoms with van der Waals surface area (Å²) in [5.74, 6) is -0.656. The third kappa shape index (κ3) is 8.56. The van der Waals surface area contributed by atoms with Gasteiger partial charge in [0.25, 0.3) is 5.91 Å². The second kappa shape index (κ2) is 14.1. The molecule has 9 nitrogen and oxygen atoms in total. The summed E-state index contributed by atoms with van der Waals surface area (Å²) in [6, 6.07) is 4.06. The molecule has 2 rings (SSSR count). The fraction of sp³-hybridized carbons (Fsp3) is 0.545.